The number of Topliss-reactive ketones (excluding diaryl/α,β-unsaturated/α-hetero) is 1. The Labute approximate surface area is 85.8 Å². The number of ketones is 1. The van der Waals surface area contributed by atoms with Crippen molar-refractivity contribution in [2.24, 2.45) is 0 Å². The predicted octanol–water partition coefficient (Wildman–Crippen LogP) is 1.18. The molecule has 0 saturated carbocycles. The van der Waals surface area contributed by atoms with Gasteiger partial charge in [-0.1, -0.05) is 0 Å². The number of rotatable bonds is 4. The van der Waals surface area contributed by atoms with Gasteiger partial charge >= 0.3 is 0 Å². The van der Waals surface area contributed by atoms with Crippen LogP contribution < -0.4 is 0 Å². The van der Waals surface area contributed by atoms with Gasteiger partial charge in [-0.25, -0.2) is 8.42 Å². The van der Waals surface area contributed by atoms with Crippen LogP contribution in [0.4, 0.5) is 0 Å². The summed E-state index contributed by atoms with van der Waals surface area (Å²) in [6, 6.07) is 0. The normalized spacial score (nSPS) is 11.7. The van der Waals surface area contributed by atoms with Gasteiger partial charge in [0, 0.05) is 19.1 Å². The molecule has 0 aromatic heterocycles. The van der Waals surface area contributed by atoms with Gasteiger partial charge in [0.2, 0.25) is 0 Å². The first kappa shape index (κ1) is 13.2. The summed E-state index contributed by atoms with van der Waals surface area (Å²) in [5.74, 6) is 5.12. The average molecular weight is 216 g/mol. The highest BCUT2D eigenvalue weighted by Crippen LogP contribution is 2.18. The molecule has 0 bridgehead atoms. The number of carbonyl (C=O) groups is 1. The third-order valence-corrected chi connectivity index (χ3v) is 4.33. The van der Waals surface area contributed by atoms with Gasteiger partial charge in [0.1, 0.15) is 4.75 Å². The molecule has 0 heterocycles. The summed E-state index contributed by atoms with van der Waals surface area (Å²) < 4.78 is 21.3. The van der Waals surface area contributed by atoms with Crippen LogP contribution in [0.25, 0.3) is 0 Å². The molecule has 14 heavy (non-hydrogen) atoms. The van der Waals surface area contributed by atoms with E-state index in [9.17, 15) is 13.2 Å². The molecule has 3 nitrogen and oxygen atoms in total. The lowest BCUT2D eigenvalue weighted by atomic mass is 10.0. The zero-order valence-corrected chi connectivity index (χ0v) is 9.86. The minimum atomic E-state index is -3.34. The predicted molar refractivity (Wildman–Crippen MR) is 56.6 cm³/mol. The summed E-state index contributed by atoms with van der Waals surface area (Å²) in [5, 5.41) is 0. The third kappa shape index (κ3) is 3.15. The molecule has 0 fully saturated rings. The van der Waals surface area contributed by atoms with E-state index in [2.05, 4.69) is 11.8 Å². The molecular formula is C10H16O3S. The van der Waals surface area contributed by atoms with Crippen molar-refractivity contribution in [3.8, 4) is 11.8 Å². The lowest BCUT2D eigenvalue weighted by Gasteiger charge is -2.20. The van der Waals surface area contributed by atoms with Crippen LogP contribution >= 0.6 is 0 Å². The first-order chi connectivity index (χ1) is 6.23. The van der Waals surface area contributed by atoms with Gasteiger partial charge in [-0.05, 0) is 20.8 Å². The number of hydrogen-bond donors (Lipinski definition) is 0. The fourth-order valence-corrected chi connectivity index (χ4v) is 1.32. The van der Waals surface area contributed by atoms with Gasteiger partial charge in [-0.3, -0.25) is 4.79 Å². The highest BCUT2D eigenvalue weighted by atomic mass is 32.2. The van der Waals surface area contributed by atoms with Crippen LogP contribution in [-0.2, 0) is 14.6 Å². The van der Waals surface area contributed by atoms with Crippen molar-refractivity contribution in [1.29, 1.82) is 0 Å². The smallest absolute Gasteiger partial charge is 0.159 e. The van der Waals surface area contributed by atoms with Crippen LogP contribution in [0.2, 0.25) is 0 Å². The van der Waals surface area contributed by atoms with Crippen LogP contribution in [0.1, 0.15) is 33.6 Å². The van der Waals surface area contributed by atoms with Gasteiger partial charge in [0.25, 0.3) is 0 Å². The monoisotopic (exact) mass is 216 g/mol. The van der Waals surface area contributed by atoms with Gasteiger partial charge in [0.15, 0.2) is 15.6 Å². The lowest BCUT2D eigenvalue weighted by molar-refractivity contribution is -0.120. The van der Waals surface area contributed by atoms with Gasteiger partial charge in [-0.2, -0.15) is 0 Å². The third-order valence-electron chi connectivity index (χ3n) is 2.25. The largest absolute Gasteiger partial charge is 0.298 e. The SMILES string of the molecule is CC#CCCC(=O)C(C)(C)S(C)(=O)=O. The van der Waals surface area contributed by atoms with Crippen molar-refractivity contribution >= 4 is 15.6 Å². The molecule has 0 rings (SSSR count). The lowest BCUT2D eigenvalue weighted by Crippen LogP contribution is -2.39. The van der Waals surface area contributed by atoms with Crippen molar-refractivity contribution in [2.75, 3.05) is 6.26 Å². The van der Waals surface area contributed by atoms with Crippen LogP contribution in [-0.4, -0.2) is 25.2 Å². The van der Waals surface area contributed by atoms with Crippen molar-refractivity contribution in [2.45, 2.75) is 38.4 Å². The van der Waals surface area contributed by atoms with E-state index in [1.165, 1.54) is 13.8 Å². The first-order valence-electron chi connectivity index (χ1n) is 4.36. The fourth-order valence-electron chi connectivity index (χ4n) is 0.809. The number of carbonyl (C=O) groups excluding carboxylic acids is 1. The van der Waals surface area contributed by atoms with E-state index < -0.39 is 14.6 Å². The summed E-state index contributed by atoms with van der Waals surface area (Å²) in [6.07, 6.45) is 1.70. The number of sulfone groups is 1. The molecule has 0 aliphatic heterocycles. The maximum atomic E-state index is 11.5. The Morgan fingerprint density at radius 3 is 2.21 bits per heavy atom. The summed E-state index contributed by atoms with van der Waals surface area (Å²) in [6.45, 7) is 4.56. The van der Waals surface area contributed by atoms with E-state index in [1.54, 1.807) is 6.92 Å². The minimum absolute atomic E-state index is 0.195. The van der Waals surface area contributed by atoms with Crippen LogP contribution in [0.15, 0.2) is 0 Å². The Morgan fingerprint density at radius 1 is 1.36 bits per heavy atom. The summed E-state index contributed by atoms with van der Waals surface area (Å²) in [7, 11) is -3.34. The topological polar surface area (TPSA) is 51.2 Å². The van der Waals surface area contributed by atoms with E-state index in [0.29, 0.717) is 6.42 Å². The molecule has 0 amide bonds. The van der Waals surface area contributed by atoms with E-state index in [1.807, 2.05) is 0 Å². The molecule has 0 aliphatic rings. The van der Waals surface area contributed by atoms with E-state index in [-0.39, 0.29) is 12.2 Å². The quantitative estimate of drug-likeness (QED) is 0.663. The molecule has 0 N–H and O–H groups in total. The summed E-state index contributed by atoms with van der Waals surface area (Å²) in [5.41, 5.74) is 0. The molecule has 0 saturated heterocycles. The van der Waals surface area contributed by atoms with E-state index in [0.717, 1.165) is 6.26 Å². The van der Waals surface area contributed by atoms with Crippen molar-refractivity contribution in [3.05, 3.63) is 0 Å². The molecule has 0 aromatic carbocycles. The Kier molecular flexibility index (Phi) is 4.34. The minimum Gasteiger partial charge on any atom is -0.298 e. The summed E-state index contributed by atoms with van der Waals surface area (Å²) >= 11 is 0. The summed E-state index contributed by atoms with van der Waals surface area (Å²) in [4.78, 5) is 11.5. The second-order valence-corrected chi connectivity index (χ2v) is 6.20. The zero-order chi connectivity index (χ0) is 11.4. The van der Waals surface area contributed by atoms with E-state index >= 15 is 0 Å². The maximum Gasteiger partial charge on any atom is 0.159 e. The highest BCUT2D eigenvalue weighted by molar-refractivity contribution is 7.92. The Balaban J connectivity index is 4.59. The van der Waals surface area contributed by atoms with Crippen LogP contribution in [0.3, 0.4) is 0 Å². The molecule has 80 valence electrons. The van der Waals surface area contributed by atoms with Crippen molar-refractivity contribution in [1.82, 2.24) is 0 Å². The Bertz CT molecular complexity index is 366. The molecule has 0 radical (unpaired) electrons. The molecule has 0 atom stereocenters. The Hall–Kier alpha value is -0.820. The van der Waals surface area contributed by atoms with Crippen molar-refractivity contribution in [3.63, 3.8) is 0 Å². The standard InChI is InChI=1S/C10H16O3S/c1-5-6-7-8-9(11)10(2,3)14(4,12)13/h7-8H2,1-4H3. The fraction of sp³-hybridized carbons (Fsp3) is 0.700. The van der Waals surface area contributed by atoms with Crippen molar-refractivity contribution < 1.29 is 13.2 Å². The second-order valence-electron chi connectivity index (χ2n) is 3.63. The molecule has 0 aliphatic carbocycles. The Morgan fingerprint density at radius 2 is 1.86 bits per heavy atom. The van der Waals surface area contributed by atoms with Gasteiger partial charge in [-0.15, -0.1) is 11.8 Å². The van der Waals surface area contributed by atoms with Gasteiger partial charge < -0.3 is 0 Å². The molecule has 0 aromatic rings. The molecule has 4 heteroatoms. The number of hydrogen-bond acceptors (Lipinski definition) is 3. The molecule has 0 unspecified atom stereocenters. The van der Waals surface area contributed by atoms with Gasteiger partial charge in [0.05, 0.1) is 0 Å². The van der Waals surface area contributed by atoms with Crippen LogP contribution in [0.5, 0.6) is 0 Å². The second kappa shape index (κ2) is 4.61. The maximum absolute atomic E-state index is 11.5. The zero-order valence-electron chi connectivity index (χ0n) is 9.05. The van der Waals surface area contributed by atoms with E-state index in [4.69, 9.17) is 0 Å². The molecule has 0 spiro atoms. The average Bonchev–Trinajstić information content (AvgIpc) is 2.02. The first-order valence-corrected chi connectivity index (χ1v) is 6.25. The molecular weight excluding hydrogens is 200 g/mol. The highest BCUT2D eigenvalue weighted by Gasteiger charge is 2.37. The van der Waals surface area contributed by atoms with Crippen LogP contribution in [0, 0.1) is 11.8 Å².